The average molecular weight is 574 g/mol. The van der Waals surface area contributed by atoms with Crippen LogP contribution in [0.4, 0.5) is 20.6 Å². The van der Waals surface area contributed by atoms with Crippen LogP contribution >= 0.6 is 23.4 Å². The van der Waals surface area contributed by atoms with Crippen molar-refractivity contribution in [2.75, 3.05) is 6.61 Å². The molecule has 0 aromatic heterocycles. The zero-order valence-corrected chi connectivity index (χ0v) is 21.5. The molecule has 1 fully saturated rings. The minimum absolute atomic E-state index is 0.0863. The number of nitro benzene ring substituents is 2. The van der Waals surface area contributed by atoms with Gasteiger partial charge in [-0.1, -0.05) is 23.7 Å². The second kappa shape index (κ2) is 11.5. The topological polar surface area (TPSA) is 142 Å². The molecule has 1 aliphatic rings. The molecule has 0 N–H and O–H groups in total. The smallest absolute Gasteiger partial charge is 0.318 e. The molecule has 1 heterocycles. The first-order valence-electron chi connectivity index (χ1n) is 11.1. The van der Waals surface area contributed by atoms with Crippen LogP contribution in [0.2, 0.25) is 5.02 Å². The maximum absolute atomic E-state index is 13.3. The molecular formula is C25H17ClFN3O8S. The van der Waals surface area contributed by atoms with Gasteiger partial charge in [-0.25, -0.2) is 4.39 Å². The minimum atomic E-state index is -0.799. The van der Waals surface area contributed by atoms with Crippen molar-refractivity contribution in [1.29, 1.82) is 0 Å². The number of nitrogens with zero attached hydrogens (tertiary/aromatic N) is 3. The molecule has 14 heteroatoms. The van der Waals surface area contributed by atoms with E-state index in [1.807, 2.05) is 0 Å². The zero-order valence-electron chi connectivity index (χ0n) is 20.0. The molecule has 200 valence electrons. The van der Waals surface area contributed by atoms with Gasteiger partial charge in [-0.3, -0.25) is 34.7 Å². The van der Waals surface area contributed by atoms with E-state index in [0.717, 1.165) is 40.9 Å². The summed E-state index contributed by atoms with van der Waals surface area (Å²) in [5.74, 6) is -1.08. The SMILES string of the molecule is CCOc1cc(/C=C2/SC(=O)N(Cc3ccc(F)cc3Cl)C2=O)ccc1Oc1ccc([N+](=O)[O-])cc1[N+](=O)[O-]. The highest BCUT2D eigenvalue weighted by atomic mass is 35.5. The number of carbonyl (C=O) groups is 2. The Morgan fingerprint density at radius 2 is 1.74 bits per heavy atom. The minimum Gasteiger partial charge on any atom is -0.490 e. The van der Waals surface area contributed by atoms with Crippen LogP contribution in [0.5, 0.6) is 17.2 Å². The van der Waals surface area contributed by atoms with E-state index in [4.69, 9.17) is 21.1 Å². The van der Waals surface area contributed by atoms with Gasteiger partial charge < -0.3 is 9.47 Å². The van der Waals surface area contributed by atoms with Gasteiger partial charge in [0.25, 0.3) is 16.8 Å². The van der Waals surface area contributed by atoms with Crippen LogP contribution < -0.4 is 9.47 Å². The Hall–Kier alpha value is -4.49. The maximum Gasteiger partial charge on any atom is 0.318 e. The molecular weight excluding hydrogens is 557 g/mol. The third kappa shape index (κ3) is 6.16. The Balaban J connectivity index is 1.60. The van der Waals surface area contributed by atoms with Crippen LogP contribution in [0, 0.1) is 26.0 Å². The summed E-state index contributed by atoms with van der Waals surface area (Å²) in [5, 5.41) is 22.0. The summed E-state index contributed by atoms with van der Waals surface area (Å²) in [4.78, 5) is 47.5. The van der Waals surface area contributed by atoms with Gasteiger partial charge in [0.2, 0.25) is 5.75 Å². The Kier molecular flexibility index (Phi) is 8.12. The predicted molar refractivity (Wildman–Crippen MR) is 140 cm³/mol. The van der Waals surface area contributed by atoms with Crippen molar-refractivity contribution in [3.63, 3.8) is 0 Å². The molecule has 0 saturated carbocycles. The number of carbonyl (C=O) groups excluding carboxylic acids is 2. The first kappa shape index (κ1) is 27.5. The van der Waals surface area contributed by atoms with Crippen molar-refractivity contribution in [3.05, 3.63) is 102 Å². The summed E-state index contributed by atoms with van der Waals surface area (Å²) < 4.78 is 24.6. The standard InChI is InChI=1S/C25H17ClFN3O8S/c1-2-37-22-9-14(3-7-21(22)38-20-8-6-17(29(33)34)12-19(20)30(35)36)10-23-24(31)28(25(32)39-23)13-15-4-5-16(27)11-18(15)26/h3-12H,2,13H2,1H3/b23-10+. The molecule has 1 aliphatic heterocycles. The quantitative estimate of drug-likeness (QED) is 0.155. The lowest BCUT2D eigenvalue weighted by molar-refractivity contribution is -0.394. The van der Waals surface area contributed by atoms with Gasteiger partial charge in [0.1, 0.15) is 5.82 Å². The van der Waals surface area contributed by atoms with E-state index in [1.165, 1.54) is 30.3 Å². The summed E-state index contributed by atoms with van der Waals surface area (Å²) in [7, 11) is 0. The highest BCUT2D eigenvalue weighted by Crippen LogP contribution is 2.40. The van der Waals surface area contributed by atoms with E-state index in [0.29, 0.717) is 11.1 Å². The van der Waals surface area contributed by atoms with Crippen molar-refractivity contribution in [2.24, 2.45) is 0 Å². The number of nitro groups is 2. The predicted octanol–water partition coefficient (Wildman–Crippen LogP) is 6.72. The first-order valence-corrected chi connectivity index (χ1v) is 12.3. The van der Waals surface area contributed by atoms with Gasteiger partial charge in [0, 0.05) is 11.1 Å². The first-order chi connectivity index (χ1) is 18.6. The van der Waals surface area contributed by atoms with E-state index in [2.05, 4.69) is 0 Å². The fourth-order valence-corrected chi connectivity index (χ4v) is 4.61. The maximum atomic E-state index is 13.3. The van der Waals surface area contributed by atoms with Crippen LogP contribution in [0.15, 0.2) is 59.5 Å². The molecule has 0 spiro atoms. The Bertz CT molecular complexity index is 1550. The monoisotopic (exact) mass is 573 g/mol. The second-order valence-electron chi connectivity index (χ2n) is 7.91. The molecule has 11 nitrogen and oxygen atoms in total. The molecule has 4 rings (SSSR count). The van der Waals surface area contributed by atoms with E-state index in [-0.39, 0.29) is 40.3 Å². The Morgan fingerprint density at radius 1 is 1.00 bits per heavy atom. The number of benzene rings is 3. The van der Waals surface area contributed by atoms with Crippen LogP contribution in [0.25, 0.3) is 6.08 Å². The molecule has 0 radical (unpaired) electrons. The molecule has 3 aromatic rings. The summed E-state index contributed by atoms with van der Waals surface area (Å²) in [6.45, 7) is 1.78. The van der Waals surface area contributed by atoms with Gasteiger partial charge in [0.15, 0.2) is 11.5 Å². The molecule has 1 saturated heterocycles. The molecule has 2 amide bonds. The van der Waals surface area contributed by atoms with E-state index < -0.39 is 38.2 Å². The van der Waals surface area contributed by atoms with E-state index >= 15 is 0 Å². The van der Waals surface area contributed by atoms with E-state index in [9.17, 15) is 34.2 Å². The number of thioether (sulfide) groups is 1. The van der Waals surface area contributed by atoms with Crippen LogP contribution in [0.3, 0.4) is 0 Å². The highest BCUT2D eigenvalue weighted by molar-refractivity contribution is 8.18. The van der Waals surface area contributed by atoms with Gasteiger partial charge in [0.05, 0.1) is 34.0 Å². The number of rotatable bonds is 9. The normalized spacial score (nSPS) is 14.1. The van der Waals surface area contributed by atoms with Gasteiger partial charge in [-0.2, -0.15) is 0 Å². The number of amides is 2. The van der Waals surface area contributed by atoms with Gasteiger partial charge >= 0.3 is 5.69 Å². The van der Waals surface area contributed by atoms with Crippen molar-refractivity contribution in [2.45, 2.75) is 13.5 Å². The summed E-state index contributed by atoms with van der Waals surface area (Å²) in [5.41, 5.74) is -0.202. The Labute approximate surface area is 229 Å². The zero-order chi connectivity index (χ0) is 28.3. The number of ether oxygens (including phenoxy) is 2. The van der Waals surface area contributed by atoms with Crippen LogP contribution in [-0.2, 0) is 11.3 Å². The lowest BCUT2D eigenvalue weighted by Crippen LogP contribution is -2.27. The molecule has 0 atom stereocenters. The summed E-state index contributed by atoms with van der Waals surface area (Å²) in [6, 6.07) is 11.2. The van der Waals surface area contributed by atoms with E-state index in [1.54, 1.807) is 13.0 Å². The number of imide groups is 1. The molecule has 0 unspecified atom stereocenters. The molecule has 3 aromatic carbocycles. The molecule has 0 bridgehead atoms. The lowest BCUT2D eigenvalue weighted by atomic mass is 10.1. The largest absolute Gasteiger partial charge is 0.490 e. The number of non-ortho nitro benzene ring substituents is 1. The number of hydrogen-bond acceptors (Lipinski definition) is 9. The summed E-state index contributed by atoms with van der Waals surface area (Å²) in [6.07, 6.45) is 1.47. The van der Waals surface area contributed by atoms with Crippen molar-refractivity contribution in [3.8, 4) is 17.2 Å². The van der Waals surface area contributed by atoms with Crippen molar-refractivity contribution >= 4 is 52.0 Å². The molecule has 39 heavy (non-hydrogen) atoms. The number of halogens is 2. The third-order valence-electron chi connectivity index (χ3n) is 5.35. The number of hydrogen-bond donors (Lipinski definition) is 0. The average Bonchev–Trinajstić information content (AvgIpc) is 3.14. The lowest BCUT2D eigenvalue weighted by Gasteiger charge is -2.14. The fraction of sp³-hybridized carbons (Fsp3) is 0.120. The second-order valence-corrected chi connectivity index (χ2v) is 9.31. The fourth-order valence-electron chi connectivity index (χ4n) is 3.54. The van der Waals surface area contributed by atoms with Gasteiger partial charge in [-0.15, -0.1) is 0 Å². The van der Waals surface area contributed by atoms with Crippen LogP contribution in [-0.4, -0.2) is 32.5 Å². The van der Waals surface area contributed by atoms with Crippen molar-refractivity contribution < 1.29 is 33.3 Å². The third-order valence-corrected chi connectivity index (χ3v) is 6.61. The summed E-state index contributed by atoms with van der Waals surface area (Å²) >= 11 is 6.75. The van der Waals surface area contributed by atoms with Crippen LogP contribution in [0.1, 0.15) is 18.1 Å². The molecule has 0 aliphatic carbocycles. The van der Waals surface area contributed by atoms with Gasteiger partial charge in [-0.05, 0) is 66.2 Å². The van der Waals surface area contributed by atoms with Crippen molar-refractivity contribution in [1.82, 2.24) is 4.90 Å². The highest BCUT2D eigenvalue weighted by Gasteiger charge is 2.35. The Morgan fingerprint density at radius 3 is 2.41 bits per heavy atom.